The Bertz CT molecular complexity index is 1110. The molecule has 3 N–H and O–H groups in total. The fourth-order valence-corrected chi connectivity index (χ4v) is 5.26. The van der Waals surface area contributed by atoms with Gasteiger partial charge in [0.25, 0.3) is 10.0 Å². The molecule has 1 saturated heterocycles. The summed E-state index contributed by atoms with van der Waals surface area (Å²) in [4.78, 5) is 11.1. The summed E-state index contributed by atoms with van der Waals surface area (Å²) >= 11 is 0. The lowest BCUT2D eigenvalue weighted by Gasteiger charge is -2.26. The van der Waals surface area contributed by atoms with E-state index in [0.717, 1.165) is 0 Å². The Morgan fingerprint density at radius 1 is 0.967 bits per heavy atom. The van der Waals surface area contributed by atoms with E-state index in [1.165, 1.54) is 52.8 Å². The summed E-state index contributed by atoms with van der Waals surface area (Å²) in [5.41, 5.74) is 0.497. The second kappa shape index (κ2) is 9.10. The Kier molecular flexibility index (Phi) is 6.73. The minimum Gasteiger partial charge on any atom is -0.387 e. The van der Waals surface area contributed by atoms with Gasteiger partial charge in [-0.05, 0) is 42.5 Å². The number of rotatable bonds is 7. The number of amides is 1. The van der Waals surface area contributed by atoms with Gasteiger partial charge >= 0.3 is 0 Å². The van der Waals surface area contributed by atoms with E-state index in [2.05, 4.69) is 10.0 Å². The molecule has 0 bridgehead atoms. The van der Waals surface area contributed by atoms with E-state index in [1.807, 2.05) is 0 Å². The maximum absolute atomic E-state index is 12.6. The minimum atomic E-state index is -3.99. The van der Waals surface area contributed by atoms with Crippen LogP contribution in [0, 0.1) is 0 Å². The van der Waals surface area contributed by atoms with Crippen molar-refractivity contribution in [1.29, 1.82) is 0 Å². The highest BCUT2D eigenvalue weighted by molar-refractivity contribution is 7.92. The monoisotopic (exact) mass is 455 g/mol. The molecule has 0 atom stereocenters. The van der Waals surface area contributed by atoms with Crippen LogP contribution in [-0.4, -0.2) is 65.1 Å². The number of sulfonamides is 2. The number of nitrogens with zero attached hydrogens (tertiary/aromatic N) is 1. The first-order valence-electron chi connectivity index (χ1n) is 8.94. The highest BCUT2D eigenvalue weighted by atomic mass is 32.2. The van der Waals surface area contributed by atoms with E-state index in [1.54, 1.807) is 0 Å². The molecular weight excluding hydrogens is 434 g/mol. The summed E-state index contributed by atoms with van der Waals surface area (Å²) in [6, 6.07) is 10.9. The number of aliphatic hydroxyl groups is 1. The summed E-state index contributed by atoms with van der Waals surface area (Å²) in [7, 11) is -7.72. The van der Waals surface area contributed by atoms with Crippen LogP contribution in [0.25, 0.3) is 0 Å². The van der Waals surface area contributed by atoms with Gasteiger partial charge < -0.3 is 15.2 Å². The molecule has 10 nitrogen and oxygen atoms in total. The summed E-state index contributed by atoms with van der Waals surface area (Å²) in [5, 5.41) is 11.2. The molecule has 162 valence electrons. The molecule has 0 saturated carbocycles. The molecule has 1 amide bonds. The Hall–Kier alpha value is -2.51. The average Bonchev–Trinajstić information content (AvgIpc) is 2.74. The molecule has 2 aromatic rings. The Morgan fingerprint density at radius 2 is 1.57 bits per heavy atom. The van der Waals surface area contributed by atoms with Gasteiger partial charge in [0.2, 0.25) is 15.9 Å². The van der Waals surface area contributed by atoms with E-state index in [9.17, 15) is 21.6 Å². The number of morpholine rings is 1. The molecule has 3 rings (SSSR count). The summed E-state index contributed by atoms with van der Waals surface area (Å²) in [6.07, 6.45) is 0. The van der Waals surface area contributed by atoms with Gasteiger partial charge in [0.15, 0.2) is 0 Å². The highest BCUT2D eigenvalue weighted by Gasteiger charge is 2.26. The van der Waals surface area contributed by atoms with Crippen molar-refractivity contribution in [1.82, 2.24) is 4.31 Å². The molecule has 0 aliphatic carbocycles. The van der Waals surface area contributed by atoms with Crippen molar-refractivity contribution in [2.24, 2.45) is 0 Å². The first-order valence-corrected chi connectivity index (χ1v) is 11.9. The van der Waals surface area contributed by atoms with Gasteiger partial charge in [-0.2, -0.15) is 4.31 Å². The van der Waals surface area contributed by atoms with Crippen molar-refractivity contribution in [3.8, 4) is 0 Å². The van der Waals surface area contributed by atoms with Crippen molar-refractivity contribution >= 4 is 37.3 Å². The molecule has 12 heteroatoms. The highest BCUT2D eigenvalue weighted by Crippen LogP contribution is 2.22. The number of ether oxygens (including phenoxy) is 1. The summed E-state index contributed by atoms with van der Waals surface area (Å²) < 4.78 is 59.4. The van der Waals surface area contributed by atoms with Crippen LogP contribution in [-0.2, 0) is 29.6 Å². The smallest absolute Gasteiger partial charge is 0.261 e. The lowest BCUT2D eigenvalue weighted by atomic mass is 10.3. The van der Waals surface area contributed by atoms with E-state index in [-0.39, 0.29) is 28.6 Å². The molecule has 30 heavy (non-hydrogen) atoms. The molecule has 0 radical (unpaired) electrons. The van der Waals surface area contributed by atoms with Crippen molar-refractivity contribution in [2.75, 3.05) is 42.9 Å². The van der Waals surface area contributed by atoms with Crippen LogP contribution < -0.4 is 10.0 Å². The van der Waals surface area contributed by atoms with Crippen LogP contribution in [0.3, 0.4) is 0 Å². The van der Waals surface area contributed by atoms with Gasteiger partial charge in [-0.15, -0.1) is 0 Å². The third-order valence-electron chi connectivity index (χ3n) is 4.28. The normalized spacial score (nSPS) is 15.5. The van der Waals surface area contributed by atoms with Gasteiger partial charge in [-0.1, -0.05) is 6.07 Å². The number of aliphatic hydroxyl groups excluding tert-OH is 1. The van der Waals surface area contributed by atoms with Crippen molar-refractivity contribution in [3.05, 3.63) is 48.5 Å². The van der Waals surface area contributed by atoms with Gasteiger partial charge in [0.1, 0.15) is 6.61 Å². The molecule has 1 heterocycles. The summed E-state index contributed by atoms with van der Waals surface area (Å²) in [5.74, 6) is -0.632. The van der Waals surface area contributed by atoms with E-state index in [4.69, 9.17) is 9.84 Å². The molecule has 0 spiro atoms. The maximum atomic E-state index is 12.6. The van der Waals surface area contributed by atoms with E-state index >= 15 is 0 Å². The predicted octanol–water partition coefficient (Wildman–Crippen LogP) is 0.439. The number of carbonyl (C=O) groups excluding carboxylic acids is 1. The van der Waals surface area contributed by atoms with Crippen LogP contribution in [0.15, 0.2) is 58.3 Å². The Morgan fingerprint density at radius 3 is 2.20 bits per heavy atom. The predicted molar refractivity (Wildman–Crippen MR) is 109 cm³/mol. The van der Waals surface area contributed by atoms with Gasteiger partial charge in [0, 0.05) is 18.8 Å². The number of carbonyl (C=O) groups is 1. The lowest BCUT2D eigenvalue weighted by Crippen LogP contribution is -2.40. The first kappa shape index (κ1) is 22.2. The minimum absolute atomic E-state index is 0.00272. The van der Waals surface area contributed by atoms with Crippen molar-refractivity contribution in [3.63, 3.8) is 0 Å². The standard InChI is InChI=1S/C18H21N3O7S2/c22-13-18(23)19-14-2-1-3-15(12-14)20-29(24,25)16-4-6-17(7-5-16)30(26,27)21-8-10-28-11-9-21/h1-7,12,20,22H,8-11,13H2,(H,19,23). The van der Waals surface area contributed by atoms with Crippen LogP contribution >= 0.6 is 0 Å². The molecule has 1 aliphatic rings. The SMILES string of the molecule is O=C(CO)Nc1cccc(NS(=O)(=O)c2ccc(S(=O)(=O)N3CCOCC3)cc2)c1. The summed E-state index contributed by atoms with van der Waals surface area (Å²) in [6.45, 7) is 0.413. The topological polar surface area (TPSA) is 142 Å². The van der Waals surface area contributed by atoms with Crippen LogP contribution in [0.4, 0.5) is 11.4 Å². The molecular formula is C18H21N3O7S2. The molecule has 2 aromatic carbocycles. The first-order chi connectivity index (χ1) is 14.2. The quantitative estimate of drug-likeness (QED) is 0.550. The zero-order valence-corrected chi connectivity index (χ0v) is 17.4. The third kappa shape index (κ3) is 5.15. The second-order valence-electron chi connectivity index (χ2n) is 6.38. The van der Waals surface area contributed by atoms with E-state index in [0.29, 0.717) is 18.9 Å². The van der Waals surface area contributed by atoms with Gasteiger partial charge in [-0.25, -0.2) is 16.8 Å². The molecule has 0 unspecified atom stereocenters. The zero-order chi connectivity index (χ0) is 21.8. The second-order valence-corrected chi connectivity index (χ2v) is 10.0. The Balaban J connectivity index is 1.77. The molecule has 1 fully saturated rings. The van der Waals surface area contributed by atoms with Crippen molar-refractivity contribution < 1.29 is 31.5 Å². The van der Waals surface area contributed by atoms with Crippen LogP contribution in [0.2, 0.25) is 0 Å². The number of hydrogen-bond acceptors (Lipinski definition) is 7. The number of hydrogen-bond donors (Lipinski definition) is 3. The lowest BCUT2D eigenvalue weighted by molar-refractivity contribution is -0.118. The average molecular weight is 456 g/mol. The fraction of sp³-hybridized carbons (Fsp3) is 0.278. The van der Waals surface area contributed by atoms with Gasteiger partial charge in [0.05, 0.1) is 28.7 Å². The third-order valence-corrected chi connectivity index (χ3v) is 7.59. The zero-order valence-electron chi connectivity index (χ0n) is 15.8. The number of anilines is 2. The van der Waals surface area contributed by atoms with Crippen LogP contribution in [0.5, 0.6) is 0 Å². The Labute approximate surface area is 174 Å². The number of nitrogens with one attached hydrogen (secondary N) is 2. The van der Waals surface area contributed by atoms with Gasteiger partial charge in [-0.3, -0.25) is 9.52 Å². The van der Waals surface area contributed by atoms with Crippen LogP contribution in [0.1, 0.15) is 0 Å². The maximum Gasteiger partial charge on any atom is 0.261 e. The van der Waals surface area contributed by atoms with Crippen molar-refractivity contribution in [2.45, 2.75) is 9.79 Å². The number of benzene rings is 2. The van der Waals surface area contributed by atoms with E-state index < -0.39 is 32.6 Å². The largest absolute Gasteiger partial charge is 0.387 e. The fourth-order valence-electron chi connectivity index (χ4n) is 2.80. The molecule has 0 aromatic heterocycles. The molecule has 1 aliphatic heterocycles.